The van der Waals surface area contributed by atoms with Gasteiger partial charge < -0.3 is 14.2 Å². The second-order valence-electron chi connectivity index (χ2n) is 4.13. The summed E-state index contributed by atoms with van der Waals surface area (Å²) < 4.78 is 16.7. The summed E-state index contributed by atoms with van der Waals surface area (Å²) in [4.78, 5) is 12.5. The molecule has 0 aliphatic heterocycles. The lowest BCUT2D eigenvalue weighted by Gasteiger charge is -2.14. The van der Waals surface area contributed by atoms with Crippen LogP contribution in [0.25, 0.3) is 0 Å². The molecule has 0 atom stereocenters. The van der Waals surface area contributed by atoms with Crippen molar-refractivity contribution < 1.29 is 19.0 Å². The highest BCUT2D eigenvalue weighted by atomic mass is 32.2. The number of hydrogen-bond donors (Lipinski definition) is 0. The van der Waals surface area contributed by atoms with E-state index in [-0.39, 0.29) is 12.6 Å². The molecule has 1 aromatic rings. The van der Waals surface area contributed by atoms with Gasteiger partial charge in [0.15, 0.2) is 12.6 Å². The average molecular weight is 328 g/mol. The minimum absolute atomic E-state index is 0.0779. The number of carbonyl (C=O) groups is 1. The van der Waals surface area contributed by atoms with Gasteiger partial charge in [-0.15, -0.1) is 23.5 Å². The molecule has 0 bridgehead atoms. The molecular weight excluding hydrogens is 308 g/mol. The van der Waals surface area contributed by atoms with E-state index in [0.29, 0.717) is 17.1 Å². The standard InChI is InChI=1S/C15H20O4S2/c1-10-6-12(18-3)15(13(7-10)19-9-17-2)11(16)8-14(20-4)21-5/h6-8H,9H2,1-5H3. The molecule has 0 spiro atoms. The van der Waals surface area contributed by atoms with Gasteiger partial charge in [0.1, 0.15) is 17.1 Å². The molecule has 0 unspecified atom stereocenters. The van der Waals surface area contributed by atoms with E-state index in [1.165, 1.54) is 30.6 Å². The Balaban J connectivity index is 3.29. The fourth-order valence-corrected chi connectivity index (χ4v) is 2.86. The number of ether oxygens (including phenoxy) is 3. The Morgan fingerprint density at radius 3 is 2.33 bits per heavy atom. The Bertz CT molecular complexity index is 521. The Morgan fingerprint density at radius 1 is 1.19 bits per heavy atom. The second-order valence-corrected chi connectivity index (χ2v) is 6.08. The first-order valence-electron chi connectivity index (χ1n) is 6.21. The van der Waals surface area contributed by atoms with Crippen molar-refractivity contribution in [3.05, 3.63) is 33.6 Å². The van der Waals surface area contributed by atoms with Crippen LogP contribution in [0.4, 0.5) is 0 Å². The normalized spacial score (nSPS) is 10.1. The van der Waals surface area contributed by atoms with Crippen LogP contribution in [0.3, 0.4) is 0 Å². The first-order chi connectivity index (χ1) is 10.1. The highest BCUT2D eigenvalue weighted by Gasteiger charge is 2.18. The van der Waals surface area contributed by atoms with Gasteiger partial charge >= 0.3 is 0 Å². The fourth-order valence-electron chi connectivity index (χ4n) is 1.74. The first-order valence-corrected chi connectivity index (χ1v) is 8.66. The number of hydrogen-bond acceptors (Lipinski definition) is 6. The minimum atomic E-state index is -0.142. The molecule has 0 aliphatic rings. The highest BCUT2D eigenvalue weighted by Crippen LogP contribution is 2.33. The molecule has 1 aromatic carbocycles. The van der Waals surface area contributed by atoms with Gasteiger partial charge in [0.2, 0.25) is 0 Å². The van der Waals surface area contributed by atoms with Gasteiger partial charge in [0.05, 0.1) is 7.11 Å². The van der Waals surface area contributed by atoms with Crippen LogP contribution in [0.1, 0.15) is 15.9 Å². The van der Waals surface area contributed by atoms with Gasteiger partial charge in [-0.3, -0.25) is 4.79 Å². The van der Waals surface area contributed by atoms with Crippen LogP contribution in [0.2, 0.25) is 0 Å². The van der Waals surface area contributed by atoms with Gasteiger partial charge in [-0.25, -0.2) is 0 Å². The third-order valence-corrected chi connectivity index (χ3v) is 4.70. The number of rotatable bonds is 8. The van der Waals surface area contributed by atoms with Crippen molar-refractivity contribution in [1.29, 1.82) is 0 Å². The number of methoxy groups -OCH3 is 2. The zero-order valence-corrected chi connectivity index (χ0v) is 14.5. The number of thioether (sulfide) groups is 2. The van der Waals surface area contributed by atoms with Crippen molar-refractivity contribution in [2.75, 3.05) is 33.5 Å². The van der Waals surface area contributed by atoms with Gasteiger partial charge in [0.25, 0.3) is 0 Å². The maximum atomic E-state index is 12.5. The average Bonchev–Trinajstić information content (AvgIpc) is 2.49. The summed E-state index contributed by atoms with van der Waals surface area (Å²) in [6, 6.07) is 3.62. The zero-order chi connectivity index (χ0) is 15.8. The SMILES string of the molecule is COCOc1cc(C)cc(OC)c1C(=O)C=C(SC)SC. The van der Waals surface area contributed by atoms with E-state index >= 15 is 0 Å². The van der Waals surface area contributed by atoms with Crippen LogP contribution in [0, 0.1) is 6.92 Å². The highest BCUT2D eigenvalue weighted by molar-refractivity contribution is 8.21. The number of benzene rings is 1. The first kappa shape index (κ1) is 17.9. The van der Waals surface area contributed by atoms with Crippen molar-refractivity contribution in [2.45, 2.75) is 6.92 Å². The number of aryl methyl sites for hydroxylation is 1. The van der Waals surface area contributed by atoms with E-state index in [2.05, 4.69) is 0 Å². The molecule has 0 radical (unpaired) electrons. The Labute approximate surface area is 134 Å². The monoisotopic (exact) mass is 328 g/mol. The third-order valence-electron chi connectivity index (χ3n) is 2.66. The number of carbonyl (C=O) groups excluding carboxylic acids is 1. The van der Waals surface area contributed by atoms with Crippen LogP contribution in [0.15, 0.2) is 22.4 Å². The minimum Gasteiger partial charge on any atom is -0.496 e. The second kappa shape index (κ2) is 9.02. The van der Waals surface area contributed by atoms with E-state index in [0.717, 1.165) is 9.80 Å². The maximum Gasteiger partial charge on any atom is 0.194 e. The molecule has 0 aliphatic carbocycles. The van der Waals surface area contributed by atoms with Crippen molar-refractivity contribution in [2.24, 2.45) is 0 Å². The third kappa shape index (κ3) is 4.98. The van der Waals surface area contributed by atoms with Gasteiger partial charge in [-0.05, 0) is 37.1 Å². The molecule has 116 valence electrons. The van der Waals surface area contributed by atoms with E-state index in [9.17, 15) is 4.79 Å². The smallest absolute Gasteiger partial charge is 0.194 e. The number of allylic oxidation sites excluding steroid dienone is 1. The van der Waals surface area contributed by atoms with E-state index < -0.39 is 0 Å². The van der Waals surface area contributed by atoms with Gasteiger partial charge in [-0.1, -0.05) is 0 Å². The summed E-state index contributed by atoms with van der Waals surface area (Å²) in [6.45, 7) is 2.00. The predicted octanol–water partition coefficient (Wildman–Crippen LogP) is 3.74. The summed E-state index contributed by atoms with van der Waals surface area (Å²) in [7, 11) is 3.08. The molecule has 0 heterocycles. The lowest BCUT2D eigenvalue weighted by Crippen LogP contribution is -2.07. The molecule has 0 aromatic heterocycles. The van der Waals surface area contributed by atoms with Crippen LogP contribution < -0.4 is 9.47 Å². The predicted molar refractivity (Wildman–Crippen MR) is 89.7 cm³/mol. The summed E-state index contributed by atoms with van der Waals surface area (Å²) in [6.07, 6.45) is 5.47. The van der Waals surface area contributed by atoms with Crippen LogP contribution >= 0.6 is 23.5 Å². The summed E-state index contributed by atoms with van der Waals surface area (Å²) in [5.41, 5.74) is 1.37. The molecule has 4 nitrogen and oxygen atoms in total. The Morgan fingerprint density at radius 2 is 1.81 bits per heavy atom. The Hall–Kier alpha value is -1.11. The molecule has 0 saturated carbocycles. The summed E-state index contributed by atoms with van der Waals surface area (Å²) in [5, 5.41) is 0. The van der Waals surface area contributed by atoms with Crippen molar-refractivity contribution in [1.82, 2.24) is 0 Å². The fraction of sp³-hybridized carbons (Fsp3) is 0.400. The van der Waals surface area contributed by atoms with Crippen molar-refractivity contribution >= 4 is 29.3 Å². The van der Waals surface area contributed by atoms with Crippen molar-refractivity contribution in [3.8, 4) is 11.5 Å². The quantitative estimate of drug-likeness (QED) is 0.411. The van der Waals surface area contributed by atoms with Crippen LogP contribution in [-0.4, -0.2) is 39.3 Å². The zero-order valence-electron chi connectivity index (χ0n) is 12.9. The summed E-state index contributed by atoms with van der Waals surface area (Å²) in [5.74, 6) is 0.831. The number of ketones is 1. The summed E-state index contributed by atoms with van der Waals surface area (Å²) >= 11 is 3.06. The topological polar surface area (TPSA) is 44.8 Å². The Kier molecular flexibility index (Phi) is 7.71. The molecule has 0 saturated heterocycles. The lowest BCUT2D eigenvalue weighted by atomic mass is 10.1. The molecule has 0 amide bonds. The molecular formula is C15H20O4S2. The molecule has 6 heteroatoms. The molecule has 1 rings (SSSR count). The van der Waals surface area contributed by atoms with E-state index in [4.69, 9.17) is 14.2 Å². The molecule has 21 heavy (non-hydrogen) atoms. The van der Waals surface area contributed by atoms with E-state index in [1.807, 2.05) is 25.5 Å². The van der Waals surface area contributed by atoms with Crippen LogP contribution in [0.5, 0.6) is 11.5 Å². The van der Waals surface area contributed by atoms with Gasteiger partial charge in [0, 0.05) is 17.4 Å². The van der Waals surface area contributed by atoms with Gasteiger partial charge in [-0.2, -0.15) is 0 Å². The van der Waals surface area contributed by atoms with Crippen LogP contribution in [-0.2, 0) is 4.74 Å². The lowest BCUT2D eigenvalue weighted by molar-refractivity contribution is 0.0501. The molecule has 0 N–H and O–H groups in total. The van der Waals surface area contributed by atoms with Crippen molar-refractivity contribution in [3.63, 3.8) is 0 Å². The van der Waals surface area contributed by atoms with E-state index in [1.54, 1.807) is 19.3 Å². The largest absolute Gasteiger partial charge is 0.496 e. The molecule has 0 fully saturated rings. The maximum absolute atomic E-state index is 12.5.